The molecule has 0 amide bonds. The van der Waals surface area contributed by atoms with Gasteiger partial charge in [0.25, 0.3) is 0 Å². The zero-order chi connectivity index (χ0) is 16.6. The van der Waals surface area contributed by atoms with Crippen LogP contribution in [0.3, 0.4) is 0 Å². The van der Waals surface area contributed by atoms with Crippen LogP contribution >= 0.6 is 7.92 Å². The van der Waals surface area contributed by atoms with Crippen LogP contribution in [0.1, 0.15) is 11.1 Å². The molecule has 0 nitrogen and oxygen atoms in total. The highest BCUT2D eigenvalue weighted by atomic mass is 31.1. The minimum Gasteiger partial charge on any atom is -0.207 e. The Balaban J connectivity index is 1.66. The third kappa shape index (κ3) is 5.01. The Kier molecular flexibility index (Phi) is 6.15. The molecule has 3 aromatic rings. The zero-order valence-corrected chi connectivity index (χ0v) is 14.6. The maximum absolute atomic E-state index is 13.1. The summed E-state index contributed by atoms with van der Waals surface area (Å²) in [6.07, 6.45) is 4.48. The van der Waals surface area contributed by atoms with E-state index >= 15 is 0 Å². The molecule has 0 N–H and O–H groups in total. The van der Waals surface area contributed by atoms with E-state index in [0.29, 0.717) is 0 Å². The first-order chi connectivity index (χ1) is 11.8. The van der Waals surface area contributed by atoms with Crippen LogP contribution in [-0.4, -0.2) is 12.3 Å². The topological polar surface area (TPSA) is 0 Å². The summed E-state index contributed by atoms with van der Waals surface area (Å²) in [5.41, 5.74) is 2.63. The third-order valence-corrected chi connectivity index (χ3v) is 6.77. The molecule has 0 saturated carbocycles. The molecule has 24 heavy (non-hydrogen) atoms. The Labute approximate surface area is 145 Å². The quantitative estimate of drug-likeness (QED) is 0.506. The van der Waals surface area contributed by atoms with Crippen molar-refractivity contribution in [2.24, 2.45) is 0 Å². The van der Waals surface area contributed by atoms with Gasteiger partial charge in [-0.25, -0.2) is 4.39 Å². The molecule has 0 bridgehead atoms. The first kappa shape index (κ1) is 16.9. The van der Waals surface area contributed by atoms with Gasteiger partial charge in [-0.3, -0.25) is 0 Å². The van der Waals surface area contributed by atoms with E-state index in [9.17, 15) is 4.39 Å². The van der Waals surface area contributed by atoms with Gasteiger partial charge >= 0.3 is 0 Å². The molecule has 0 aliphatic carbocycles. The van der Waals surface area contributed by atoms with Crippen molar-refractivity contribution in [3.05, 3.63) is 102 Å². The highest BCUT2D eigenvalue weighted by Crippen LogP contribution is 2.36. The molecule has 0 aliphatic heterocycles. The first-order valence-electron chi connectivity index (χ1n) is 8.39. The van der Waals surface area contributed by atoms with Crippen molar-refractivity contribution < 1.29 is 4.39 Å². The van der Waals surface area contributed by atoms with Crippen LogP contribution in [-0.2, 0) is 12.8 Å². The molecule has 1 unspecified atom stereocenters. The predicted molar refractivity (Wildman–Crippen MR) is 103 cm³/mol. The summed E-state index contributed by atoms with van der Waals surface area (Å²) in [6.45, 7) is 0. The van der Waals surface area contributed by atoms with Gasteiger partial charge in [0, 0.05) is 0 Å². The van der Waals surface area contributed by atoms with Crippen molar-refractivity contribution in [1.29, 1.82) is 0 Å². The van der Waals surface area contributed by atoms with Crippen molar-refractivity contribution in [2.45, 2.75) is 12.8 Å². The summed E-state index contributed by atoms with van der Waals surface area (Å²) in [5.74, 6) is -0.159. The van der Waals surface area contributed by atoms with Crippen LogP contribution in [0.2, 0.25) is 0 Å². The van der Waals surface area contributed by atoms with Crippen molar-refractivity contribution >= 4 is 13.2 Å². The molecule has 0 radical (unpaired) electrons. The lowest BCUT2D eigenvalue weighted by Crippen LogP contribution is -2.09. The van der Waals surface area contributed by atoms with Crippen molar-refractivity contribution in [3.8, 4) is 0 Å². The number of halogens is 1. The highest BCUT2D eigenvalue weighted by molar-refractivity contribution is 7.65. The molecule has 0 aliphatic rings. The van der Waals surface area contributed by atoms with E-state index < -0.39 is 0 Å². The summed E-state index contributed by atoms with van der Waals surface area (Å²) >= 11 is 0. The van der Waals surface area contributed by atoms with Crippen LogP contribution < -0.4 is 5.30 Å². The maximum Gasteiger partial charge on any atom is 0.123 e. The summed E-state index contributed by atoms with van der Waals surface area (Å²) in [6, 6.07) is 28.5. The van der Waals surface area contributed by atoms with E-state index in [4.69, 9.17) is 0 Å². The summed E-state index contributed by atoms with van der Waals surface area (Å²) in [7, 11) is -0.205. The summed E-state index contributed by atoms with van der Waals surface area (Å²) < 4.78 is 13.1. The Morgan fingerprint density at radius 2 is 1.08 bits per heavy atom. The molecule has 0 aromatic heterocycles. The number of aryl methyl sites for hydroxylation is 2. The molecule has 122 valence electrons. The maximum atomic E-state index is 13.1. The Morgan fingerprint density at radius 1 is 0.583 bits per heavy atom. The van der Waals surface area contributed by atoms with Gasteiger partial charge in [0.05, 0.1) is 0 Å². The number of hydrogen-bond acceptors (Lipinski definition) is 0. The van der Waals surface area contributed by atoms with Gasteiger partial charge in [0.1, 0.15) is 5.82 Å². The molecule has 3 rings (SSSR count). The van der Waals surface area contributed by atoms with Crippen molar-refractivity contribution in [3.63, 3.8) is 0 Å². The lowest BCUT2D eigenvalue weighted by atomic mass is 10.2. The molecule has 1 atom stereocenters. The molecule has 0 saturated heterocycles. The molecule has 0 fully saturated rings. The van der Waals surface area contributed by atoms with E-state index in [1.54, 1.807) is 12.1 Å². The smallest absolute Gasteiger partial charge is 0.123 e. The van der Waals surface area contributed by atoms with Gasteiger partial charge in [0.2, 0.25) is 0 Å². The van der Waals surface area contributed by atoms with Gasteiger partial charge in [-0.2, -0.15) is 0 Å². The molecular weight excluding hydrogens is 314 g/mol. The monoisotopic (exact) mass is 336 g/mol. The Hall–Kier alpha value is -1.98. The van der Waals surface area contributed by atoms with E-state index in [0.717, 1.165) is 19.0 Å². The SMILES string of the molecule is Fc1ccc(CCP(CCc2ccccc2)c2ccccc2)cc1. The van der Waals surface area contributed by atoms with Gasteiger partial charge in [-0.1, -0.05) is 80.7 Å². The van der Waals surface area contributed by atoms with Crippen LogP contribution in [0.5, 0.6) is 0 Å². The average Bonchev–Trinajstić information content (AvgIpc) is 2.65. The lowest BCUT2D eigenvalue weighted by Gasteiger charge is -2.18. The van der Waals surface area contributed by atoms with Crippen LogP contribution in [0.4, 0.5) is 4.39 Å². The molecule has 2 heteroatoms. The van der Waals surface area contributed by atoms with Gasteiger partial charge in [-0.05, 0) is 53.7 Å². The Morgan fingerprint density at radius 3 is 1.67 bits per heavy atom. The van der Waals surface area contributed by atoms with Gasteiger partial charge in [-0.15, -0.1) is 0 Å². The summed E-state index contributed by atoms with van der Waals surface area (Å²) in [5, 5.41) is 1.46. The summed E-state index contributed by atoms with van der Waals surface area (Å²) in [4.78, 5) is 0. The second kappa shape index (κ2) is 8.76. The number of benzene rings is 3. The average molecular weight is 336 g/mol. The van der Waals surface area contributed by atoms with Crippen LogP contribution in [0.15, 0.2) is 84.9 Å². The third-order valence-electron chi connectivity index (χ3n) is 4.22. The Bertz CT molecular complexity index is 723. The van der Waals surface area contributed by atoms with Crippen molar-refractivity contribution in [1.82, 2.24) is 0 Å². The van der Waals surface area contributed by atoms with Crippen LogP contribution in [0.25, 0.3) is 0 Å². The minimum absolute atomic E-state index is 0.159. The normalized spacial score (nSPS) is 12.0. The second-order valence-corrected chi connectivity index (χ2v) is 8.43. The fourth-order valence-electron chi connectivity index (χ4n) is 2.83. The number of hydrogen-bond donors (Lipinski definition) is 0. The van der Waals surface area contributed by atoms with Crippen LogP contribution in [0, 0.1) is 5.82 Å². The fourth-order valence-corrected chi connectivity index (χ4v) is 5.22. The molecule has 0 heterocycles. The zero-order valence-electron chi connectivity index (χ0n) is 13.7. The van der Waals surface area contributed by atoms with Crippen molar-refractivity contribution in [2.75, 3.05) is 12.3 Å². The standard InChI is InChI=1S/C22H22FP/c23-21-13-11-20(12-14-21)16-18-24(22-9-5-2-6-10-22)17-15-19-7-3-1-4-8-19/h1-14H,15-18H2. The van der Waals surface area contributed by atoms with Gasteiger partial charge in [0.15, 0.2) is 0 Å². The highest BCUT2D eigenvalue weighted by Gasteiger charge is 2.11. The van der Waals surface area contributed by atoms with Gasteiger partial charge < -0.3 is 0 Å². The number of rotatable bonds is 7. The largest absolute Gasteiger partial charge is 0.207 e. The molecule has 0 spiro atoms. The lowest BCUT2D eigenvalue weighted by molar-refractivity contribution is 0.627. The van der Waals surface area contributed by atoms with E-state index in [1.807, 2.05) is 12.1 Å². The predicted octanol–water partition coefficient (Wildman–Crippen LogP) is 5.42. The molecule has 3 aromatic carbocycles. The fraction of sp³-hybridized carbons (Fsp3) is 0.182. The van der Waals surface area contributed by atoms with E-state index in [1.165, 1.54) is 22.6 Å². The second-order valence-electron chi connectivity index (χ2n) is 5.93. The van der Waals surface area contributed by atoms with E-state index in [-0.39, 0.29) is 13.7 Å². The first-order valence-corrected chi connectivity index (χ1v) is 10.1. The minimum atomic E-state index is -0.205. The van der Waals surface area contributed by atoms with E-state index in [2.05, 4.69) is 60.7 Å². The molecular formula is C22H22FP.